The summed E-state index contributed by atoms with van der Waals surface area (Å²) in [6.07, 6.45) is 0. The number of hydrogen-bond acceptors (Lipinski definition) is 5. The van der Waals surface area contributed by atoms with Gasteiger partial charge in [0, 0.05) is 0 Å². The lowest BCUT2D eigenvalue weighted by atomic mass is 10.2. The summed E-state index contributed by atoms with van der Waals surface area (Å²) in [5.74, 6) is 0.00529. The maximum absolute atomic E-state index is 11.4. The first kappa shape index (κ1) is 8.10. The molecule has 0 radical (unpaired) electrons. The Kier molecular flexibility index (Phi) is 1.42. The summed E-state index contributed by atoms with van der Waals surface area (Å²) in [5.41, 5.74) is -0.350. The van der Waals surface area contributed by atoms with E-state index in [2.05, 4.69) is 9.40 Å². The Morgan fingerprint density at radius 3 is 2.93 bits per heavy atom. The summed E-state index contributed by atoms with van der Waals surface area (Å²) < 4.78 is 14.6. The van der Waals surface area contributed by atoms with Crippen LogP contribution in [0, 0.1) is 0 Å². The second-order valence-corrected chi connectivity index (χ2v) is 3.02. The van der Waals surface area contributed by atoms with Crippen molar-refractivity contribution in [1.29, 1.82) is 0 Å². The molecule has 0 atom stereocenters. The van der Waals surface area contributed by atoms with Gasteiger partial charge in [-0.1, -0.05) is 0 Å². The monoisotopic (exact) mass is 207 g/mol. The first-order valence-electron chi connectivity index (χ1n) is 4.21. The van der Waals surface area contributed by atoms with Gasteiger partial charge in [0.15, 0.2) is 11.5 Å². The van der Waals surface area contributed by atoms with Crippen molar-refractivity contribution in [2.75, 3.05) is 6.79 Å². The fraction of sp³-hybridized carbons (Fsp3) is 0.111. The summed E-state index contributed by atoms with van der Waals surface area (Å²) >= 11 is 0. The molecule has 0 amide bonds. The summed E-state index contributed by atoms with van der Waals surface area (Å²) in [7, 11) is 0. The molecule has 2 aromatic rings. The van der Waals surface area contributed by atoms with E-state index in [9.17, 15) is 9.59 Å². The number of rotatable bonds is 0. The quantitative estimate of drug-likeness (QED) is 0.667. The highest BCUT2D eigenvalue weighted by Crippen LogP contribution is 2.36. The van der Waals surface area contributed by atoms with Crippen LogP contribution in [0.15, 0.2) is 26.1 Å². The largest absolute Gasteiger partial charge is 0.454 e. The third-order valence-electron chi connectivity index (χ3n) is 2.17. The summed E-state index contributed by atoms with van der Waals surface area (Å²) in [5, 5.41) is 0.199. The van der Waals surface area contributed by atoms with E-state index in [0.717, 1.165) is 0 Å². The number of H-pyrrole nitrogens is 1. The minimum Gasteiger partial charge on any atom is -0.454 e. The molecule has 1 aliphatic rings. The van der Waals surface area contributed by atoms with E-state index in [4.69, 9.17) is 9.47 Å². The average molecular weight is 207 g/mol. The molecule has 1 aromatic carbocycles. The topological polar surface area (TPSA) is 81.5 Å². The molecule has 1 N–H and O–H groups in total. The summed E-state index contributed by atoms with van der Waals surface area (Å²) in [6.45, 7) is 0.0625. The number of aromatic amines is 1. The number of aromatic nitrogens is 1. The maximum Gasteiger partial charge on any atom is 0.419 e. The first-order valence-corrected chi connectivity index (χ1v) is 4.21. The molecule has 0 unspecified atom stereocenters. The van der Waals surface area contributed by atoms with E-state index in [1.807, 2.05) is 0 Å². The van der Waals surface area contributed by atoms with Gasteiger partial charge in [-0.25, -0.2) is 9.59 Å². The van der Waals surface area contributed by atoms with Gasteiger partial charge in [0.2, 0.25) is 6.79 Å². The Hall–Kier alpha value is -2.24. The molecule has 1 aromatic heterocycles. The molecule has 0 aliphatic carbocycles. The van der Waals surface area contributed by atoms with Crippen LogP contribution >= 0.6 is 0 Å². The highest BCUT2D eigenvalue weighted by atomic mass is 16.7. The van der Waals surface area contributed by atoms with E-state index in [0.29, 0.717) is 17.0 Å². The molecular formula is C9H5NO5. The van der Waals surface area contributed by atoms with Crippen LogP contribution in [-0.2, 0) is 0 Å². The van der Waals surface area contributed by atoms with Gasteiger partial charge >= 0.3 is 11.4 Å². The third kappa shape index (κ3) is 1.04. The van der Waals surface area contributed by atoms with Crippen LogP contribution in [0.4, 0.5) is 0 Å². The van der Waals surface area contributed by atoms with E-state index < -0.39 is 11.4 Å². The lowest BCUT2D eigenvalue weighted by Crippen LogP contribution is -2.14. The van der Waals surface area contributed by atoms with Crippen molar-refractivity contribution in [1.82, 2.24) is 4.98 Å². The molecular weight excluding hydrogens is 202 g/mol. The minimum atomic E-state index is -0.786. The zero-order chi connectivity index (χ0) is 10.4. The van der Waals surface area contributed by atoms with Gasteiger partial charge in [0.25, 0.3) is 0 Å². The summed E-state index contributed by atoms with van der Waals surface area (Å²) in [4.78, 5) is 24.7. The third-order valence-corrected chi connectivity index (χ3v) is 2.17. The van der Waals surface area contributed by atoms with Gasteiger partial charge in [-0.3, -0.25) is 4.98 Å². The predicted octanol–water partition coefficient (Wildman–Crippen LogP) is 0.210. The van der Waals surface area contributed by atoms with Crippen molar-refractivity contribution in [2.45, 2.75) is 0 Å². The molecule has 0 fully saturated rings. The predicted molar refractivity (Wildman–Crippen MR) is 49.2 cm³/mol. The van der Waals surface area contributed by atoms with E-state index >= 15 is 0 Å². The standard InChI is InChI=1S/C9H5NO5/c11-8-6-4(10-9(12)15-8)1-2-5-7(6)14-3-13-5/h1-2H,3H2,(H,10,12). The lowest BCUT2D eigenvalue weighted by molar-refractivity contribution is 0.174. The van der Waals surface area contributed by atoms with Gasteiger partial charge in [-0.15, -0.1) is 0 Å². The van der Waals surface area contributed by atoms with Crippen LogP contribution in [-0.4, -0.2) is 11.8 Å². The molecule has 2 heterocycles. The van der Waals surface area contributed by atoms with Crippen molar-refractivity contribution in [3.8, 4) is 11.5 Å². The van der Waals surface area contributed by atoms with Crippen molar-refractivity contribution in [3.05, 3.63) is 33.1 Å². The fourth-order valence-electron chi connectivity index (χ4n) is 1.55. The molecule has 15 heavy (non-hydrogen) atoms. The van der Waals surface area contributed by atoms with Crippen LogP contribution in [0.2, 0.25) is 0 Å². The Morgan fingerprint density at radius 1 is 1.20 bits per heavy atom. The Bertz CT molecular complexity index is 654. The summed E-state index contributed by atoms with van der Waals surface area (Å²) in [6, 6.07) is 3.20. The smallest absolute Gasteiger partial charge is 0.419 e. The van der Waals surface area contributed by atoms with Crippen LogP contribution < -0.4 is 20.9 Å². The van der Waals surface area contributed by atoms with Crippen molar-refractivity contribution < 1.29 is 13.9 Å². The fourth-order valence-corrected chi connectivity index (χ4v) is 1.55. The number of ether oxygens (including phenoxy) is 2. The van der Waals surface area contributed by atoms with E-state index in [1.54, 1.807) is 12.1 Å². The molecule has 6 nitrogen and oxygen atoms in total. The van der Waals surface area contributed by atoms with Crippen molar-refractivity contribution in [3.63, 3.8) is 0 Å². The van der Waals surface area contributed by atoms with Crippen LogP contribution in [0.5, 0.6) is 11.5 Å². The SMILES string of the molecule is O=c1[nH]c2ccc3c(c2c(=O)o1)OCO3. The highest BCUT2D eigenvalue weighted by Gasteiger charge is 2.20. The zero-order valence-corrected chi connectivity index (χ0v) is 7.40. The van der Waals surface area contributed by atoms with Crippen LogP contribution in [0.1, 0.15) is 0 Å². The van der Waals surface area contributed by atoms with Gasteiger partial charge in [0.1, 0.15) is 5.39 Å². The number of fused-ring (bicyclic) bond motifs is 3. The zero-order valence-electron chi connectivity index (χ0n) is 7.40. The van der Waals surface area contributed by atoms with E-state index in [1.165, 1.54) is 0 Å². The number of nitrogens with one attached hydrogen (secondary N) is 1. The Balaban J connectivity index is 2.56. The molecule has 1 aliphatic heterocycles. The lowest BCUT2D eigenvalue weighted by Gasteiger charge is -1.99. The molecule has 76 valence electrons. The maximum atomic E-state index is 11.4. The second kappa shape index (κ2) is 2.63. The second-order valence-electron chi connectivity index (χ2n) is 3.02. The van der Waals surface area contributed by atoms with Crippen molar-refractivity contribution >= 4 is 10.9 Å². The Labute approximate surface area is 82.0 Å². The highest BCUT2D eigenvalue weighted by molar-refractivity contribution is 5.86. The van der Waals surface area contributed by atoms with Gasteiger partial charge in [-0.2, -0.15) is 0 Å². The van der Waals surface area contributed by atoms with Crippen molar-refractivity contribution in [2.24, 2.45) is 0 Å². The average Bonchev–Trinajstić information content (AvgIpc) is 2.63. The molecule has 0 spiro atoms. The molecule has 6 heteroatoms. The van der Waals surface area contributed by atoms with Crippen LogP contribution in [0.3, 0.4) is 0 Å². The minimum absolute atomic E-state index is 0.0625. The Morgan fingerprint density at radius 2 is 2.07 bits per heavy atom. The van der Waals surface area contributed by atoms with Gasteiger partial charge in [0.05, 0.1) is 5.52 Å². The van der Waals surface area contributed by atoms with Crippen LogP contribution in [0.25, 0.3) is 10.9 Å². The molecule has 3 rings (SSSR count). The van der Waals surface area contributed by atoms with E-state index in [-0.39, 0.29) is 12.2 Å². The molecule has 0 saturated heterocycles. The molecule has 0 bridgehead atoms. The van der Waals surface area contributed by atoms with Gasteiger partial charge < -0.3 is 13.9 Å². The normalized spacial score (nSPS) is 13.3. The van der Waals surface area contributed by atoms with Gasteiger partial charge in [-0.05, 0) is 12.1 Å². The molecule has 0 saturated carbocycles. The first-order chi connectivity index (χ1) is 7.25. The number of benzene rings is 1. The number of hydrogen-bond donors (Lipinski definition) is 1.